The fraction of sp³-hybridized carbons (Fsp3) is 0.412. The van der Waals surface area contributed by atoms with E-state index in [1.54, 1.807) is 0 Å². The van der Waals surface area contributed by atoms with Gasteiger partial charge < -0.3 is 9.88 Å². The molecule has 3 heterocycles. The summed E-state index contributed by atoms with van der Waals surface area (Å²) in [5.41, 5.74) is 1.04. The molecule has 9 nitrogen and oxygen atoms in total. The molecule has 0 saturated heterocycles. The second kappa shape index (κ2) is 7.42. The van der Waals surface area contributed by atoms with E-state index in [4.69, 9.17) is 0 Å². The smallest absolute Gasteiger partial charge is 0.245 e. The van der Waals surface area contributed by atoms with E-state index in [2.05, 4.69) is 35.6 Å². The fourth-order valence-electron chi connectivity index (χ4n) is 3.24. The maximum Gasteiger partial charge on any atom is 0.245 e. The molecule has 2 aromatic heterocycles. The Morgan fingerprint density at radius 1 is 1.19 bits per heavy atom. The second-order valence-electron chi connectivity index (χ2n) is 6.35. The van der Waals surface area contributed by atoms with Crippen LogP contribution in [0.3, 0.4) is 0 Å². The van der Waals surface area contributed by atoms with Crippen LogP contribution in [0.5, 0.6) is 0 Å². The lowest BCUT2D eigenvalue weighted by atomic mass is 10.1. The van der Waals surface area contributed by atoms with Crippen LogP contribution >= 0.6 is 0 Å². The molecule has 0 bridgehead atoms. The molecule has 3 aromatic rings. The molecule has 26 heavy (non-hydrogen) atoms. The molecular formula is C17H20N8O. The Bertz CT molecular complexity index is 858. The third kappa shape index (κ3) is 3.46. The van der Waals surface area contributed by atoms with Gasteiger partial charge in [0.2, 0.25) is 5.91 Å². The van der Waals surface area contributed by atoms with Crippen molar-refractivity contribution in [3.63, 3.8) is 0 Å². The van der Waals surface area contributed by atoms with Crippen molar-refractivity contribution in [2.75, 3.05) is 0 Å². The van der Waals surface area contributed by atoms with E-state index >= 15 is 0 Å². The molecule has 134 valence electrons. The molecule has 0 saturated carbocycles. The van der Waals surface area contributed by atoms with Crippen LogP contribution in [0.15, 0.2) is 36.7 Å². The van der Waals surface area contributed by atoms with Crippen LogP contribution in [-0.4, -0.2) is 40.9 Å². The zero-order chi connectivity index (χ0) is 17.8. The number of nitrogens with zero attached hydrogens (tertiary/aromatic N) is 7. The lowest BCUT2D eigenvalue weighted by molar-refractivity contribution is -0.124. The Morgan fingerprint density at radius 2 is 2.08 bits per heavy atom. The highest BCUT2D eigenvalue weighted by Gasteiger charge is 2.23. The predicted octanol–water partition coefficient (Wildman–Crippen LogP) is 0.701. The van der Waals surface area contributed by atoms with Crippen LogP contribution in [0.25, 0.3) is 0 Å². The van der Waals surface area contributed by atoms with Crippen LogP contribution in [0, 0.1) is 0 Å². The van der Waals surface area contributed by atoms with E-state index in [1.165, 1.54) is 11.0 Å². The Balaban J connectivity index is 1.47. The number of rotatable bonds is 6. The summed E-state index contributed by atoms with van der Waals surface area (Å²) in [5, 5.41) is 22.6. The van der Waals surface area contributed by atoms with Crippen LogP contribution in [0.2, 0.25) is 0 Å². The summed E-state index contributed by atoms with van der Waals surface area (Å²) in [6, 6.07) is 9.30. The Hall–Kier alpha value is -3.10. The standard InChI is InChI=1S/C17H20N8O/c26-17(18-11-16-21-20-15-8-4-5-9-24(15)16)14(25-12-19-22-23-25)10-13-6-2-1-3-7-13/h1-3,6-7,12,14H,4-5,8-11H2,(H,18,26)/t14-/m1/s1. The second-order valence-corrected chi connectivity index (χ2v) is 6.35. The molecule has 1 N–H and O–H groups in total. The number of amides is 1. The van der Waals surface area contributed by atoms with E-state index in [-0.39, 0.29) is 5.91 Å². The molecule has 9 heteroatoms. The zero-order valence-corrected chi connectivity index (χ0v) is 14.3. The fourth-order valence-corrected chi connectivity index (χ4v) is 3.24. The Morgan fingerprint density at radius 3 is 2.88 bits per heavy atom. The maximum absolute atomic E-state index is 12.8. The summed E-state index contributed by atoms with van der Waals surface area (Å²) in [4.78, 5) is 12.8. The van der Waals surface area contributed by atoms with Crippen molar-refractivity contribution in [2.24, 2.45) is 0 Å². The van der Waals surface area contributed by atoms with Crippen molar-refractivity contribution in [1.29, 1.82) is 0 Å². The highest BCUT2D eigenvalue weighted by atomic mass is 16.2. The SMILES string of the molecule is O=C(NCc1nnc2n1CCCC2)[C@@H](Cc1ccccc1)n1cnnn1. The summed E-state index contributed by atoms with van der Waals surface area (Å²) in [5.74, 6) is 1.65. The van der Waals surface area contributed by atoms with Crippen molar-refractivity contribution in [1.82, 2.24) is 40.3 Å². The number of aromatic nitrogens is 7. The lowest BCUT2D eigenvalue weighted by Crippen LogP contribution is -2.34. The first-order valence-corrected chi connectivity index (χ1v) is 8.76. The van der Waals surface area contributed by atoms with Crippen molar-refractivity contribution in [3.05, 3.63) is 53.9 Å². The van der Waals surface area contributed by atoms with Crippen LogP contribution in [-0.2, 0) is 30.7 Å². The quantitative estimate of drug-likeness (QED) is 0.700. The molecule has 0 unspecified atom stereocenters. The third-order valence-electron chi connectivity index (χ3n) is 4.62. The molecule has 0 spiro atoms. The number of hydrogen-bond donors (Lipinski definition) is 1. The van der Waals surface area contributed by atoms with E-state index in [9.17, 15) is 4.79 Å². The molecule has 1 aliphatic heterocycles. The topological polar surface area (TPSA) is 103 Å². The van der Waals surface area contributed by atoms with Gasteiger partial charge in [0, 0.05) is 19.4 Å². The highest BCUT2D eigenvalue weighted by Crippen LogP contribution is 2.16. The summed E-state index contributed by atoms with van der Waals surface area (Å²) >= 11 is 0. The number of fused-ring (bicyclic) bond motifs is 1. The van der Waals surface area contributed by atoms with Gasteiger partial charge in [0.1, 0.15) is 18.2 Å². The minimum absolute atomic E-state index is 0.144. The van der Waals surface area contributed by atoms with Gasteiger partial charge in [0.25, 0.3) is 0 Å². The number of tetrazole rings is 1. The minimum Gasteiger partial charge on any atom is -0.347 e. The highest BCUT2D eigenvalue weighted by molar-refractivity contribution is 5.80. The third-order valence-corrected chi connectivity index (χ3v) is 4.62. The van der Waals surface area contributed by atoms with Gasteiger partial charge in [-0.25, -0.2) is 4.68 Å². The summed E-state index contributed by atoms with van der Waals surface area (Å²) in [6.07, 6.45) is 5.18. The van der Waals surface area contributed by atoms with Gasteiger partial charge in [0.15, 0.2) is 5.82 Å². The lowest BCUT2D eigenvalue weighted by Gasteiger charge is -2.18. The monoisotopic (exact) mass is 352 g/mol. The van der Waals surface area contributed by atoms with Crippen molar-refractivity contribution in [2.45, 2.75) is 44.8 Å². The van der Waals surface area contributed by atoms with Gasteiger partial charge in [-0.2, -0.15) is 0 Å². The van der Waals surface area contributed by atoms with E-state index in [0.717, 1.165) is 43.0 Å². The molecule has 0 fully saturated rings. The van der Waals surface area contributed by atoms with E-state index < -0.39 is 6.04 Å². The molecular weight excluding hydrogens is 332 g/mol. The maximum atomic E-state index is 12.8. The number of nitrogens with one attached hydrogen (secondary N) is 1. The summed E-state index contributed by atoms with van der Waals surface area (Å²) in [6.45, 7) is 1.26. The predicted molar refractivity (Wildman–Crippen MR) is 91.8 cm³/mol. The molecule has 0 aliphatic carbocycles. The molecule has 1 amide bonds. The Labute approximate surface area is 150 Å². The molecule has 1 aromatic carbocycles. The first-order valence-electron chi connectivity index (χ1n) is 8.76. The van der Waals surface area contributed by atoms with Gasteiger partial charge in [-0.3, -0.25) is 4.79 Å². The van der Waals surface area contributed by atoms with Crippen LogP contribution in [0.1, 0.15) is 36.1 Å². The van der Waals surface area contributed by atoms with Crippen molar-refractivity contribution >= 4 is 5.91 Å². The van der Waals surface area contributed by atoms with Gasteiger partial charge in [-0.05, 0) is 28.8 Å². The molecule has 4 rings (SSSR count). The molecule has 0 radical (unpaired) electrons. The van der Waals surface area contributed by atoms with E-state index in [0.29, 0.717) is 13.0 Å². The number of aryl methyl sites for hydroxylation is 1. The molecule has 1 atom stereocenters. The van der Waals surface area contributed by atoms with Crippen LogP contribution < -0.4 is 5.32 Å². The molecule has 1 aliphatic rings. The Kier molecular flexibility index (Phi) is 4.67. The van der Waals surface area contributed by atoms with Crippen molar-refractivity contribution < 1.29 is 4.79 Å². The average Bonchev–Trinajstić information content (AvgIpc) is 3.35. The summed E-state index contributed by atoms with van der Waals surface area (Å²) in [7, 11) is 0. The van der Waals surface area contributed by atoms with Gasteiger partial charge in [0.05, 0.1) is 6.54 Å². The normalized spacial score (nSPS) is 14.6. The number of benzene rings is 1. The summed E-state index contributed by atoms with van der Waals surface area (Å²) < 4.78 is 3.59. The van der Waals surface area contributed by atoms with E-state index in [1.807, 2.05) is 30.3 Å². The number of carbonyl (C=O) groups excluding carboxylic acids is 1. The first kappa shape index (κ1) is 16.4. The zero-order valence-electron chi connectivity index (χ0n) is 14.3. The van der Waals surface area contributed by atoms with Gasteiger partial charge >= 0.3 is 0 Å². The minimum atomic E-state index is -0.517. The van der Waals surface area contributed by atoms with Crippen LogP contribution in [0.4, 0.5) is 0 Å². The average molecular weight is 352 g/mol. The largest absolute Gasteiger partial charge is 0.347 e. The number of carbonyl (C=O) groups is 1. The first-order chi connectivity index (χ1) is 12.8. The number of hydrogen-bond acceptors (Lipinski definition) is 6. The van der Waals surface area contributed by atoms with Gasteiger partial charge in [-0.1, -0.05) is 30.3 Å². The van der Waals surface area contributed by atoms with Crippen molar-refractivity contribution in [3.8, 4) is 0 Å². The van der Waals surface area contributed by atoms with Gasteiger partial charge in [-0.15, -0.1) is 15.3 Å².